The zero-order valence-corrected chi connectivity index (χ0v) is 11.6. The number of ether oxygens (including phenoxy) is 2. The molecule has 4 nitrogen and oxygen atoms in total. The Hall–Kier alpha value is -2.70. The predicted octanol–water partition coefficient (Wildman–Crippen LogP) is 3.06. The third kappa shape index (κ3) is 2.45. The maximum absolute atomic E-state index is 13.7. The average Bonchev–Trinajstić information content (AvgIpc) is 2.51. The molecule has 0 bridgehead atoms. The lowest BCUT2D eigenvalue weighted by Crippen LogP contribution is -2.08. The summed E-state index contributed by atoms with van der Waals surface area (Å²) in [5.41, 5.74) is -1.04. The molecule has 0 atom stereocenters. The van der Waals surface area contributed by atoms with E-state index in [1.165, 1.54) is 26.4 Å². The van der Waals surface area contributed by atoms with Gasteiger partial charge in [0.15, 0.2) is 34.7 Å². The van der Waals surface area contributed by atoms with Gasteiger partial charge in [0, 0.05) is 0 Å². The molecule has 2 aromatic carbocycles. The van der Waals surface area contributed by atoms with Crippen LogP contribution < -0.4 is 9.47 Å². The third-order valence-corrected chi connectivity index (χ3v) is 3.04. The monoisotopic (exact) mass is 312 g/mol. The summed E-state index contributed by atoms with van der Waals surface area (Å²) in [6.07, 6.45) is 0. The van der Waals surface area contributed by atoms with Crippen molar-refractivity contribution in [3.05, 3.63) is 52.8 Å². The van der Waals surface area contributed by atoms with Gasteiger partial charge in [0.1, 0.15) is 0 Å². The van der Waals surface area contributed by atoms with Crippen molar-refractivity contribution in [3.8, 4) is 17.2 Å². The van der Waals surface area contributed by atoms with Crippen LogP contribution in [0, 0.1) is 17.5 Å². The van der Waals surface area contributed by atoms with Gasteiger partial charge in [0.25, 0.3) is 0 Å². The number of carbonyl (C=O) groups is 1. The van der Waals surface area contributed by atoms with Crippen molar-refractivity contribution in [2.75, 3.05) is 14.2 Å². The molecule has 0 saturated carbocycles. The first-order chi connectivity index (χ1) is 10.4. The molecular formula is C15H11F3O4. The topological polar surface area (TPSA) is 55.8 Å². The Morgan fingerprint density at radius 1 is 0.955 bits per heavy atom. The summed E-state index contributed by atoms with van der Waals surface area (Å²) in [5.74, 6) is -6.37. The van der Waals surface area contributed by atoms with Crippen molar-refractivity contribution in [1.82, 2.24) is 0 Å². The summed E-state index contributed by atoms with van der Waals surface area (Å²) in [5, 5.41) is 10.0. The quantitative estimate of drug-likeness (QED) is 0.696. The van der Waals surface area contributed by atoms with Gasteiger partial charge in [-0.1, -0.05) is 0 Å². The minimum Gasteiger partial charge on any atom is -0.504 e. The van der Waals surface area contributed by atoms with Gasteiger partial charge >= 0.3 is 0 Å². The fourth-order valence-electron chi connectivity index (χ4n) is 1.94. The first-order valence-corrected chi connectivity index (χ1v) is 6.04. The zero-order chi connectivity index (χ0) is 16.4. The summed E-state index contributed by atoms with van der Waals surface area (Å²) in [6, 6.07) is 3.92. The van der Waals surface area contributed by atoms with E-state index in [1.807, 2.05) is 0 Å². The summed E-state index contributed by atoms with van der Waals surface area (Å²) < 4.78 is 49.7. The van der Waals surface area contributed by atoms with Crippen LogP contribution in [0.25, 0.3) is 0 Å². The normalized spacial score (nSPS) is 10.4. The number of phenols is 1. The van der Waals surface area contributed by atoms with Crippen molar-refractivity contribution < 1.29 is 32.5 Å². The van der Waals surface area contributed by atoms with Gasteiger partial charge in [-0.05, 0) is 24.3 Å². The van der Waals surface area contributed by atoms with Crippen molar-refractivity contribution >= 4 is 5.78 Å². The predicted molar refractivity (Wildman–Crippen MR) is 71.0 cm³/mol. The lowest BCUT2D eigenvalue weighted by Gasteiger charge is -2.12. The molecule has 0 radical (unpaired) electrons. The van der Waals surface area contributed by atoms with E-state index in [0.29, 0.717) is 6.07 Å². The molecule has 0 unspecified atom stereocenters. The zero-order valence-electron chi connectivity index (χ0n) is 11.6. The number of hydrogen-bond donors (Lipinski definition) is 1. The maximum atomic E-state index is 13.7. The highest BCUT2D eigenvalue weighted by atomic mass is 19.2. The van der Waals surface area contributed by atoms with Crippen LogP contribution >= 0.6 is 0 Å². The number of ketones is 1. The second-order valence-electron chi connectivity index (χ2n) is 4.25. The summed E-state index contributed by atoms with van der Waals surface area (Å²) in [4.78, 5) is 12.2. The number of hydrogen-bond acceptors (Lipinski definition) is 4. The molecule has 0 spiro atoms. The van der Waals surface area contributed by atoms with Gasteiger partial charge in [-0.25, -0.2) is 13.2 Å². The van der Waals surface area contributed by atoms with E-state index in [4.69, 9.17) is 9.47 Å². The van der Waals surface area contributed by atoms with E-state index >= 15 is 0 Å². The number of carbonyl (C=O) groups excluding carboxylic acids is 1. The van der Waals surface area contributed by atoms with Crippen LogP contribution in [0.5, 0.6) is 17.2 Å². The molecule has 2 rings (SSSR count). The van der Waals surface area contributed by atoms with Crippen LogP contribution in [-0.4, -0.2) is 25.1 Å². The number of benzene rings is 2. The number of halogens is 3. The Morgan fingerprint density at radius 2 is 1.59 bits per heavy atom. The number of methoxy groups -OCH3 is 2. The van der Waals surface area contributed by atoms with Crippen LogP contribution in [-0.2, 0) is 0 Å². The number of aromatic hydroxyl groups is 1. The number of phenolic OH excluding ortho intramolecular Hbond substituents is 1. The van der Waals surface area contributed by atoms with E-state index in [-0.39, 0.29) is 17.1 Å². The molecule has 0 heterocycles. The Kier molecular flexibility index (Phi) is 4.25. The average molecular weight is 312 g/mol. The first kappa shape index (κ1) is 15.7. The highest BCUT2D eigenvalue weighted by Gasteiger charge is 2.24. The van der Waals surface area contributed by atoms with Crippen LogP contribution in [0.3, 0.4) is 0 Å². The minimum absolute atomic E-state index is 0.128. The van der Waals surface area contributed by atoms with Gasteiger partial charge in [0.2, 0.25) is 5.75 Å². The van der Waals surface area contributed by atoms with Gasteiger partial charge in [-0.3, -0.25) is 4.79 Å². The molecule has 0 fully saturated rings. The molecule has 0 aliphatic rings. The molecule has 0 aliphatic heterocycles. The van der Waals surface area contributed by atoms with Crippen LogP contribution in [0.4, 0.5) is 13.2 Å². The molecule has 7 heteroatoms. The van der Waals surface area contributed by atoms with Crippen LogP contribution in [0.1, 0.15) is 15.9 Å². The largest absolute Gasteiger partial charge is 0.504 e. The maximum Gasteiger partial charge on any atom is 0.203 e. The summed E-state index contributed by atoms with van der Waals surface area (Å²) in [7, 11) is 2.57. The standard InChI is InChI=1S/C15H11F3O4/c1-21-10-6-4-8(14(20)15(10)22-2)13(19)7-3-5-9(16)12(18)11(7)17/h3-6,20H,1-2H3. The first-order valence-electron chi connectivity index (χ1n) is 6.04. The highest BCUT2D eigenvalue weighted by molar-refractivity contribution is 6.11. The van der Waals surface area contributed by atoms with E-state index in [0.717, 1.165) is 6.07 Å². The molecule has 1 N–H and O–H groups in total. The van der Waals surface area contributed by atoms with E-state index in [9.17, 15) is 23.1 Å². The lowest BCUT2D eigenvalue weighted by atomic mass is 10.0. The van der Waals surface area contributed by atoms with E-state index in [2.05, 4.69) is 0 Å². The SMILES string of the molecule is COc1ccc(C(=O)c2ccc(F)c(F)c2F)c(O)c1OC. The Labute approximate surface area is 123 Å². The van der Waals surface area contributed by atoms with Gasteiger partial charge < -0.3 is 14.6 Å². The highest BCUT2D eigenvalue weighted by Crippen LogP contribution is 2.39. The minimum atomic E-state index is -1.76. The molecular weight excluding hydrogens is 301 g/mol. The van der Waals surface area contributed by atoms with Gasteiger partial charge in [-0.2, -0.15) is 0 Å². The van der Waals surface area contributed by atoms with E-state index in [1.54, 1.807) is 0 Å². The van der Waals surface area contributed by atoms with Gasteiger partial charge in [0.05, 0.1) is 25.3 Å². The Bertz CT molecular complexity index is 744. The number of rotatable bonds is 4. The van der Waals surface area contributed by atoms with Crippen LogP contribution in [0.2, 0.25) is 0 Å². The Morgan fingerprint density at radius 3 is 2.18 bits per heavy atom. The second-order valence-corrected chi connectivity index (χ2v) is 4.25. The van der Waals surface area contributed by atoms with Crippen molar-refractivity contribution in [2.24, 2.45) is 0 Å². The van der Waals surface area contributed by atoms with Gasteiger partial charge in [-0.15, -0.1) is 0 Å². The lowest BCUT2D eigenvalue weighted by molar-refractivity contribution is 0.103. The molecule has 0 aliphatic carbocycles. The summed E-state index contributed by atoms with van der Waals surface area (Å²) >= 11 is 0. The molecule has 0 saturated heterocycles. The smallest absolute Gasteiger partial charge is 0.203 e. The fourth-order valence-corrected chi connectivity index (χ4v) is 1.94. The summed E-state index contributed by atoms with van der Waals surface area (Å²) in [6.45, 7) is 0. The molecule has 2 aromatic rings. The molecule has 22 heavy (non-hydrogen) atoms. The Balaban J connectivity index is 2.58. The van der Waals surface area contributed by atoms with Crippen molar-refractivity contribution in [3.63, 3.8) is 0 Å². The van der Waals surface area contributed by atoms with Crippen molar-refractivity contribution in [2.45, 2.75) is 0 Å². The van der Waals surface area contributed by atoms with Crippen molar-refractivity contribution in [1.29, 1.82) is 0 Å². The fraction of sp³-hybridized carbons (Fsp3) is 0.133. The molecule has 116 valence electrons. The second kappa shape index (κ2) is 5.97. The van der Waals surface area contributed by atoms with Crippen LogP contribution in [0.15, 0.2) is 24.3 Å². The van der Waals surface area contributed by atoms with E-state index < -0.39 is 34.5 Å². The molecule has 0 aromatic heterocycles. The third-order valence-electron chi connectivity index (χ3n) is 3.04. The molecule has 0 amide bonds.